The van der Waals surface area contributed by atoms with Gasteiger partial charge in [-0.1, -0.05) is 56.3 Å². The van der Waals surface area contributed by atoms with Crippen molar-refractivity contribution in [3.8, 4) is 0 Å². The van der Waals surface area contributed by atoms with Gasteiger partial charge in [-0.05, 0) is 42.0 Å². The van der Waals surface area contributed by atoms with Crippen molar-refractivity contribution in [2.75, 3.05) is 31.5 Å². The van der Waals surface area contributed by atoms with E-state index in [-0.39, 0.29) is 6.03 Å². The van der Waals surface area contributed by atoms with Gasteiger partial charge in [0.05, 0.1) is 0 Å². The first kappa shape index (κ1) is 19.4. The van der Waals surface area contributed by atoms with Gasteiger partial charge in [0, 0.05) is 38.4 Å². The van der Waals surface area contributed by atoms with Gasteiger partial charge in [-0.15, -0.1) is 0 Å². The first-order valence-corrected chi connectivity index (χ1v) is 9.88. The Hall–Kier alpha value is -2.33. The summed E-state index contributed by atoms with van der Waals surface area (Å²) in [5.74, 6) is 0.381. The van der Waals surface area contributed by atoms with Gasteiger partial charge in [0.25, 0.3) is 0 Å². The Kier molecular flexibility index (Phi) is 6.17. The van der Waals surface area contributed by atoms with Gasteiger partial charge in [-0.3, -0.25) is 4.90 Å². The molecule has 0 atom stereocenters. The number of urea groups is 1. The second-order valence-corrected chi connectivity index (χ2v) is 7.81. The molecule has 1 saturated heterocycles. The van der Waals surface area contributed by atoms with Crippen LogP contribution in [0.3, 0.4) is 0 Å². The molecule has 1 aliphatic rings. The predicted molar refractivity (Wildman–Crippen MR) is 112 cm³/mol. The second-order valence-electron chi connectivity index (χ2n) is 7.81. The third-order valence-electron chi connectivity index (χ3n) is 5.47. The lowest BCUT2D eigenvalue weighted by Crippen LogP contribution is -2.49. The van der Waals surface area contributed by atoms with Crippen molar-refractivity contribution in [2.45, 2.75) is 40.2 Å². The quantitative estimate of drug-likeness (QED) is 0.846. The number of para-hydroxylation sites is 1. The number of aryl methyl sites for hydroxylation is 2. The molecule has 0 saturated carbocycles. The van der Waals surface area contributed by atoms with Crippen LogP contribution in [0.4, 0.5) is 10.5 Å². The van der Waals surface area contributed by atoms with E-state index in [1.165, 1.54) is 16.7 Å². The molecule has 0 aliphatic carbocycles. The van der Waals surface area contributed by atoms with E-state index in [1.54, 1.807) is 0 Å². The van der Waals surface area contributed by atoms with Crippen molar-refractivity contribution in [3.05, 3.63) is 64.7 Å². The molecular weight excluding hydrogens is 334 g/mol. The van der Waals surface area contributed by atoms with Crippen LogP contribution in [0.2, 0.25) is 0 Å². The number of nitrogens with one attached hydrogen (secondary N) is 1. The molecule has 0 spiro atoms. The Morgan fingerprint density at radius 2 is 1.63 bits per heavy atom. The maximum atomic E-state index is 12.8. The van der Waals surface area contributed by atoms with Crippen LogP contribution in [0.15, 0.2) is 42.5 Å². The number of benzene rings is 2. The predicted octanol–water partition coefficient (Wildman–Crippen LogP) is 4.78. The maximum Gasteiger partial charge on any atom is 0.321 e. The van der Waals surface area contributed by atoms with Crippen molar-refractivity contribution in [1.29, 1.82) is 0 Å². The monoisotopic (exact) mass is 365 g/mol. The first-order chi connectivity index (χ1) is 13.0. The highest BCUT2D eigenvalue weighted by Gasteiger charge is 2.22. The van der Waals surface area contributed by atoms with Gasteiger partial charge < -0.3 is 10.2 Å². The van der Waals surface area contributed by atoms with Crippen LogP contribution in [0.5, 0.6) is 0 Å². The van der Waals surface area contributed by atoms with Crippen LogP contribution in [-0.4, -0.2) is 42.0 Å². The SMILES string of the molecule is Cc1ccccc1CN1CCN(C(=O)Nc2c(C)cccc2C(C)C)CC1. The summed E-state index contributed by atoms with van der Waals surface area (Å²) >= 11 is 0. The highest BCUT2D eigenvalue weighted by molar-refractivity contribution is 5.91. The molecule has 0 aromatic heterocycles. The zero-order valence-corrected chi connectivity index (χ0v) is 17.0. The number of carbonyl (C=O) groups is 1. The summed E-state index contributed by atoms with van der Waals surface area (Å²) in [6.45, 7) is 12.8. The lowest BCUT2D eigenvalue weighted by molar-refractivity contribution is 0.143. The molecule has 1 aliphatic heterocycles. The van der Waals surface area contributed by atoms with Gasteiger partial charge in [-0.2, -0.15) is 0 Å². The first-order valence-electron chi connectivity index (χ1n) is 9.88. The number of anilines is 1. The average molecular weight is 366 g/mol. The van der Waals surface area contributed by atoms with E-state index in [9.17, 15) is 4.79 Å². The van der Waals surface area contributed by atoms with E-state index >= 15 is 0 Å². The van der Waals surface area contributed by atoms with Crippen molar-refractivity contribution in [1.82, 2.24) is 9.80 Å². The topological polar surface area (TPSA) is 35.6 Å². The van der Waals surface area contributed by atoms with Crippen LogP contribution in [0.1, 0.15) is 42.0 Å². The van der Waals surface area contributed by atoms with Crippen molar-refractivity contribution in [3.63, 3.8) is 0 Å². The van der Waals surface area contributed by atoms with E-state index in [2.05, 4.69) is 80.4 Å². The molecule has 144 valence electrons. The van der Waals surface area contributed by atoms with Crippen molar-refractivity contribution < 1.29 is 4.79 Å². The minimum Gasteiger partial charge on any atom is -0.322 e. The maximum absolute atomic E-state index is 12.8. The van der Waals surface area contributed by atoms with Gasteiger partial charge in [0.2, 0.25) is 0 Å². The fourth-order valence-electron chi connectivity index (χ4n) is 3.67. The minimum absolute atomic E-state index is 0.0155. The zero-order valence-electron chi connectivity index (χ0n) is 17.0. The largest absolute Gasteiger partial charge is 0.322 e. The highest BCUT2D eigenvalue weighted by Crippen LogP contribution is 2.27. The van der Waals surface area contributed by atoms with Crippen LogP contribution in [0, 0.1) is 13.8 Å². The summed E-state index contributed by atoms with van der Waals surface area (Å²) in [6.07, 6.45) is 0. The fourth-order valence-corrected chi connectivity index (χ4v) is 3.67. The molecule has 4 heteroatoms. The molecular formula is C23H31N3O. The van der Waals surface area contributed by atoms with E-state index in [0.29, 0.717) is 5.92 Å². The summed E-state index contributed by atoms with van der Waals surface area (Å²) in [6, 6.07) is 14.8. The van der Waals surface area contributed by atoms with Gasteiger partial charge >= 0.3 is 6.03 Å². The molecule has 1 heterocycles. The van der Waals surface area contributed by atoms with Gasteiger partial charge in [0.1, 0.15) is 0 Å². The van der Waals surface area contributed by atoms with Crippen LogP contribution < -0.4 is 5.32 Å². The molecule has 2 aromatic rings. The molecule has 1 fully saturated rings. The normalized spacial score (nSPS) is 15.2. The average Bonchev–Trinajstić information content (AvgIpc) is 2.65. The van der Waals surface area contributed by atoms with E-state index in [1.807, 2.05) is 4.90 Å². The highest BCUT2D eigenvalue weighted by atomic mass is 16.2. The van der Waals surface area contributed by atoms with Crippen molar-refractivity contribution >= 4 is 11.7 Å². The summed E-state index contributed by atoms with van der Waals surface area (Å²) in [5, 5.41) is 3.17. The molecule has 2 amide bonds. The molecule has 1 N–H and O–H groups in total. The summed E-state index contributed by atoms with van der Waals surface area (Å²) < 4.78 is 0. The summed E-state index contributed by atoms with van der Waals surface area (Å²) in [5.41, 5.74) is 5.99. The number of piperazine rings is 1. The Morgan fingerprint density at radius 1 is 0.963 bits per heavy atom. The molecule has 27 heavy (non-hydrogen) atoms. The van der Waals surface area contributed by atoms with E-state index in [0.717, 1.165) is 44.0 Å². The Balaban J connectivity index is 1.59. The standard InChI is InChI=1S/C23H31N3O/c1-17(2)21-11-7-9-19(4)22(21)24-23(27)26-14-12-25(13-15-26)16-20-10-6-5-8-18(20)3/h5-11,17H,12-16H2,1-4H3,(H,24,27). The lowest BCUT2D eigenvalue weighted by Gasteiger charge is -2.35. The number of hydrogen-bond acceptors (Lipinski definition) is 2. The number of rotatable bonds is 4. The Morgan fingerprint density at radius 3 is 2.30 bits per heavy atom. The number of amides is 2. The lowest BCUT2D eigenvalue weighted by atomic mass is 9.98. The summed E-state index contributed by atoms with van der Waals surface area (Å²) in [7, 11) is 0. The van der Waals surface area contributed by atoms with Crippen LogP contribution in [-0.2, 0) is 6.54 Å². The Labute approximate surface area is 163 Å². The minimum atomic E-state index is 0.0155. The molecule has 0 unspecified atom stereocenters. The third kappa shape index (κ3) is 4.69. The smallest absolute Gasteiger partial charge is 0.321 e. The van der Waals surface area contributed by atoms with Crippen molar-refractivity contribution in [2.24, 2.45) is 0 Å². The third-order valence-corrected chi connectivity index (χ3v) is 5.47. The number of carbonyl (C=O) groups excluding carboxylic acids is 1. The zero-order chi connectivity index (χ0) is 19.4. The second kappa shape index (κ2) is 8.57. The molecule has 3 rings (SSSR count). The van der Waals surface area contributed by atoms with E-state index in [4.69, 9.17) is 0 Å². The fraction of sp³-hybridized carbons (Fsp3) is 0.435. The molecule has 2 aromatic carbocycles. The summed E-state index contributed by atoms with van der Waals surface area (Å²) in [4.78, 5) is 17.2. The number of nitrogens with zero attached hydrogens (tertiary/aromatic N) is 2. The van der Waals surface area contributed by atoms with Crippen LogP contribution >= 0.6 is 0 Å². The molecule has 0 bridgehead atoms. The van der Waals surface area contributed by atoms with Gasteiger partial charge in [-0.25, -0.2) is 4.79 Å². The van der Waals surface area contributed by atoms with Crippen LogP contribution in [0.25, 0.3) is 0 Å². The van der Waals surface area contributed by atoms with Gasteiger partial charge in [0.15, 0.2) is 0 Å². The molecule has 0 radical (unpaired) electrons. The number of hydrogen-bond donors (Lipinski definition) is 1. The molecule has 4 nitrogen and oxygen atoms in total. The van der Waals surface area contributed by atoms with E-state index < -0.39 is 0 Å². The Bertz CT molecular complexity index is 792.